The van der Waals surface area contributed by atoms with Gasteiger partial charge in [0.2, 0.25) is 5.91 Å². The van der Waals surface area contributed by atoms with Crippen molar-refractivity contribution >= 4 is 5.91 Å². The number of carbonyl (C=O) groups excluding carboxylic acids is 1. The maximum atomic E-state index is 11.7. The zero-order chi connectivity index (χ0) is 14.1. The molecule has 0 atom stereocenters. The molecule has 0 saturated carbocycles. The summed E-state index contributed by atoms with van der Waals surface area (Å²) in [6.45, 7) is 11.3. The Hall–Kier alpha value is -0.610. The Kier molecular flexibility index (Phi) is 7.39. The van der Waals surface area contributed by atoms with Crippen molar-refractivity contribution in [2.75, 3.05) is 32.7 Å². The first kappa shape index (κ1) is 16.4. The molecule has 1 aliphatic rings. The van der Waals surface area contributed by atoms with Crippen molar-refractivity contribution in [2.45, 2.75) is 58.4 Å². The van der Waals surface area contributed by atoms with Crippen LogP contribution < -0.4 is 10.6 Å². The number of nitrogens with one attached hydrogen (secondary N) is 2. The SMILES string of the molecule is CC(C)(C)NCCC(=O)NCCN1CCCCCC1. The molecule has 4 nitrogen and oxygen atoms in total. The van der Waals surface area contributed by atoms with Crippen molar-refractivity contribution in [3.63, 3.8) is 0 Å². The molecule has 4 heteroatoms. The number of carbonyl (C=O) groups is 1. The summed E-state index contributed by atoms with van der Waals surface area (Å²) in [5.74, 6) is 0.159. The molecule has 112 valence electrons. The Bertz CT molecular complexity index is 253. The molecule has 1 heterocycles. The van der Waals surface area contributed by atoms with Gasteiger partial charge in [0.05, 0.1) is 0 Å². The number of hydrogen-bond donors (Lipinski definition) is 2. The van der Waals surface area contributed by atoms with Gasteiger partial charge in [-0.2, -0.15) is 0 Å². The third-order valence-electron chi connectivity index (χ3n) is 3.46. The van der Waals surface area contributed by atoms with Gasteiger partial charge >= 0.3 is 0 Å². The molecular weight excluding hydrogens is 238 g/mol. The first-order chi connectivity index (χ1) is 8.97. The van der Waals surface area contributed by atoms with Gasteiger partial charge < -0.3 is 15.5 Å². The van der Waals surface area contributed by atoms with E-state index in [1.54, 1.807) is 0 Å². The van der Waals surface area contributed by atoms with Crippen molar-refractivity contribution < 1.29 is 4.79 Å². The first-order valence-electron chi connectivity index (χ1n) is 7.71. The molecule has 0 radical (unpaired) electrons. The van der Waals surface area contributed by atoms with Gasteiger partial charge in [0.15, 0.2) is 0 Å². The van der Waals surface area contributed by atoms with Gasteiger partial charge in [-0.25, -0.2) is 0 Å². The second kappa shape index (κ2) is 8.54. The van der Waals surface area contributed by atoms with E-state index in [4.69, 9.17) is 0 Å². The normalized spacial score (nSPS) is 18.1. The summed E-state index contributed by atoms with van der Waals surface area (Å²) in [7, 11) is 0. The topological polar surface area (TPSA) is 44.4 Å². The van der Waals surface area contributed by atoms with Crippen molar-refractivity contribution in [1.29, 1.82) is 0 Å². The van der Waals surface area contributed by atoms with Crippen LogP contribution in [0, 0.1) is 0 Å². The molecule has 1 amide bonds. The fraction of sp³-hybridized carbons (Fsp3) is 0.933. The highest BCUT2D eigenvalue weighted by molar-refractivity contribution is 5.76. The molecule has 1 rings (SSSR count). The molecule has 0 aromatic carbocycles. The predicted octanol–water partition coefficient (Wildman–Crippen LogP) is 1.76. The number of hydrogen-bond acceptors (Lipinski definition) is 3. The van der Waals surface area contributed by atoms with Gasteiger partial charge in [-0.15, -0.1) is 0 Å². The van der Waals surface area contributed by atoms with Crippen molar-refractivity contribution in [2.24, 2.45) is 0 Å². The predicted molar refractivity (Wildman–Crippen MR) is 80.3 cm³/mol. The van der Waals surface area contributed by atoms with E-state index in [1.165, 1.54) is 38.8 Å². The monoisotopic (exact) mass is 269 g/mol. The molecule has 0 bridgehead atoms. The van der Waals surface area contributed by atoms with Gasteiger partial charge in [-0.1, -0.05) is 12.8 Å². The molecule has 0 aromatic rings. The summed E-state index contributed by atoms with van der Waals surface area (Å²) in [6.07, 6.45) is 5.91. The van der Waals surface area contributed by atoms with Crippen molar-refractivity contribution in [3.05, 3.63) is 0 Å². The number of rotatable bonds is 6. The molecule has 2 N–H and O–H groups in total. The van der Waals surface area contributed by atoms with Crippen molar-refractivity contribution in [3.8, 4) is 0 Å². The van der Waals surface area contributed by atoms with Gasteiger partial charge in [0, 0.05) is 31.6 Å². The van der Waals surface area contributed by atoms with Crippen LogP contribution in [0.2, 0.25) is 0 Å². The minimum absolute atomic E-state index is 0.0896. The summed E-state index contributed by atoms with van der Waals surface area (Å²) < 4.78 is 0. The molecule has 0 aliphatic carbocycles. The lowest BCUT2D eigenvalue weighted by Gasteiger charge is -2.21. The third-order valence-corrected chi connectivity index (χ3v) is 3.46. The Morgan fingerprint density at radius 3 is 2.26 bits per heavy atom. The minimum atomic E-state index is 0.0896. The molecule has 0 unspecified atom stereocenters. The number of likely N-dealkylation sites (tertiary alicyclic amines) is 1. The second-order valence-electron chi connectivity index (χ2n) is 6.53. The summed E-state index contributed by atoms with van der Waals surface area (Å²) in [5.41, 5.74) is 0.0896. The molecule has 0 spiro atoms. The smallest absolute Gasteiger partial charge is 0.221 e. The van der Waals surface area contributed by atoms with Crippen LogP contribution in [0.3, 0.4) is 0 Å². The van der Waals surface area contributed by atoms with Crippen LogP contribution in [0.25, 0.3) is 0 Å². The third kappa shape index (κ3) is 9.00. The Labute approximate surface area is 118 Å². The van der Waals surface area contributed by atoms with E-state index in [-0.39, 0.29) is 11.4 Å². The van der Waals surface area contributed by atoms with E-state index >= 15 is 0 Å². The van der Waals surface area contributed by atoms with E-state index in [9.17, 15) is 4.79 Å². The van der Waals surface area contributed by atoms with E-state index in [1.807, 2.05) is 0 Å². The molecule has 1 fully saturated rings. The minimum Gasteiger partial charge on any atom is -0.355 e. The van der Waals surface area contributed by atoms with E-state index in [2.05, 4.69) is 36.3 Å². The molecular formula is C15H31N3O. The summed E-state index contributed by atoms with van der Waals surface area (Å²) in [4.78, 5) is 14.1. The van der Waals surface area contributed by atoms with Gasteiger partial charge in [-0.05, 0) is 46.7 Å². The highest BCUT2D eigenvalue weighted by atomic mass is 16.1. The Morgan fingerprint density at radius 2 is 1.68 bits per heavy atom. The molecule has 1 aliphatic heterocycles. The average molecular weight is 269 g/mol. The van der Waals surface area contributed by atoms with Gasteiger partial charge in [-0.3, -0.25) is 4.79 Å². The van der Waals surface area contributed by atoms with E-state index in [0.717, 1.165) is 19.6 Å². The zero-order valence-electron chi connectivity index (χ0n) is 12.9. The molecule has 0 aromatic heterocycles. The quantitative estimate of drug-likeness (QED) is 0.772. The molecule has 1 saturated heterocycles. The van der Waals surface area contributed by atoms with E-state index < -0.39 is 0 Å². The number of amides is 1. The second-order valence-corrected chi connectivity index (χ2v) is 6.53. The van der Waals surface area contributed by atoms with Crippen LogP contribution in [-0.4, -0.2) is 49.1 Å². The van der Waals surface area contributed by atoms with Gasteiger partial charge in [0.25, 0.3) is 0 Å². The maximum Gasteiger partial charge on any atom is 0.221 e. The van der Waals surface area contributed by atoms with Crippen LogP contribution in [0.4, 0.5) is 0 Å². The lowest BCUT2D eigenvalue weighted by Crippen LogP contribution is -2.40. The van der Waals surface area contributed by atoms with Crippen LogP contribution >= 0.6 is 0 Å². The lowest BCUT2D eigenvalue weighted by molar-refractivity contribution is -0.121. The first-order valence-corrected chi connectivity index (χ1v) is 7.71. The van der Waals surface area contributed by atoms with E-state index in [0.29, 0.717) is 6.42 Å². The standard InChI is InChI=1S/C15H31N3O/c1-15(2,3)17-9-8-14(19)16-10-13-18-11-6-4-5-7-12-18/h17H,4-13H2,1-3H3,(H,16,19). The Morgan fingerprint density at radius 1 is 1.05 bits per heavy atom. The highest BCUT2D eigenvalue weighted by Gasteiger charge is 2.11. The van der Waals surface area contributed by atoms with Crippen molar-refractivity contribution in [1.82, 2.24) is 15.5 Å². The largest absolute Gasteiger partial charge is 0.355 e. The fourth-order valence-electron chi connectivity index (χ4n) is 2.35. The van der Waals surface area contributed by atoms with Crippen LogP contribution in [0.1, 0.15) is 52.9 Å². The van der Waals surface area contributed by atoms with Gasteiger partial charge in [0.1, 0.15) is 0 Å². The highest BCUT2D eigenvalue weighted by Crippen LogP contribution is 2.08. The summed E-state index contributed by atoms with van der Waals surface area (Å²) in [5, 5.41) is 6.35. The summed E-state index contributed by atoms with van der Waals surface area (Å²) >= 11 is 0. The van der Waals surface area contributed by atoms with Crippen LogP contribution in [-0.2, 0) is 4.79 Å². The fourth-order valence-corrected chi connectivity index (χ4v) is 2.35. The lowest BCUT2D eigenvalue weighted by atomic mass is 10.1. The average Bonchev–Trinajstić information content (AvgIpc) is 2.56. The zero-order valence-corrected chi connectivity index (χ0v) is 12.9. The number of nitrogens with zero attached hydrogens (tertiary/aromatic N) is 1. The molecule has 19 heavy (non-hydrogen) atoms. The van der Waals surface area contributed by atoms with Crippen LogP contribution in [0.15, 0.2) is 0 Å². The van der Waals surface area contributed by atoms with Crippen LogP contribution in [0.5, 0.6) is 0 Å². The maximum absolute atomic E-state index is 11.7. The summed E-state index contributed by atoms with van der Waals surface area (Å²) in [6, 6.07) is 0. The Balaban J connectivity index is 2.03.